The van der Waals surface area contributed by atoms with E-state index < -0.39 is 0 Å². The fourth-order valence-electron chi connectivity index (χ4n) is 2.11. The van der Waals surface area contributed by atoms with Gasteiger partial charge < -0.3 is 16.0 Å². The van der Waals surface area contributed by atoms with Gasteiger partial charge in [0.1, 0.15) is 0 Å². The Hall–Kier alpha value is -2.17. The summed E-state index contributed by atoms with van der Waals surface area (Å²) in [4.78, 5) is 14.4. The molecule has 21 heavy (non-hydrogen) atoms. The van der Waals surface area contributed by atoms with Gasteiger partial charge in [0.25, 0.3) is 5.91 Å². The molecule has 0 heterocycles. The minimum Gasteiger partial charge on any atom is -0.326 e. The number of hydrogen-bond acceptors (Lipinski definition) is 3. The smallest absolute Gasteiger partial charge is 0.255 e. The maximum atomic E-state index is 12.3. The lowest BCUT2D eigenvalue weighted by Crippen LogP contribution is -2.16. The number of rotatable bonds is 5. The Bertz CT molecular complexity index is 606. The predicted molar refractivity (Wildman–Crippen MR) is 86.1 cm³/mol. The summed E-state index contributed by atoms with van der Waals surface area (Å²) in [5.74, 6) is -0.107. The van der Waals surface area contributed by atoms with E-state index in [2.05, 4.69) is 10.2 Å². The van der Waals surface area contributed by atoms with E-state index in [4.69, 9.17) is 5.73 Å². The molecule has 0 aliphatic rings. The maximum Gasteiger partial charge on any atom is 0.255 e. The number of para-hydroxylation sites is 1. The first kappa shape index (κ1) is 15.2. The lowest BCUT2D eigenvalue weighted by molar-refractivity contribution is 0.102. The summed E-state index contributed by atoms with van der Waals surface area (Å²) in [6, 6.07) is 15.2. The van der Waals surface area contributed by atoms with E-state index in [0.717, 1.165) is 23.4 Å². The summed E-state index contributed by atoms with van der Waals surface area (Å²) in [5, 5.41) is 2.97. The fraction of sp³-hybridized carbons (Fsp3) is 0.235. The lowest BCUT2D eigenvalue weighted by Gasteiger charge is -2.15. The largest absolute Gasteiger partial charge is 0.326 e. The standard InChI is InChI=1S/C17H21N3O/c1-20(2)12-15-5-3-4-6-16(15)19-17(21)14-9-7-13(11-18)8-10-14/h3-10H,11-12,18H2,1-2H3,(H,19,21). The van der Waals surface area contributed by atoms with Crippen LogP contribution in [0.3, 0.4) is 0 Å². The van der Waals surface area contributed by atoms with Gasteiger partial charge in [-0.2, -0.15) is 0 Å². The number of nitrogens with zero attached hydrogens (tertiary/aromatic N) is 1. The Morgan fingerprint density at radius 1 is 1.10 bits per heavy atom. The molecule has 0 atom stereocenters. The number of amides is 1. The van der Waals surface area contributed by atoms with E-state index in [1.54, 1.807) is 12.1 Å². The summed E-state index contributed by atoms with van der Waals surface area (Å²) >= 11 is 0. The van der Waals surface area contributed by atoms with Crippen molar-refractivity contribution in [3.05, 3.63) is 65.2 Å². The van der Waals surface area contributed by atoms with Gasteiger partial charge >= 0.3 is 0 Å². The van der Waals surface area contributed by atoms with Gasteiger partial charge in [-0.1, -0.05) is 30.3 Å². The number of carbonyl (C=O) groups is 1. The van der Waals surface area contributed by atoms with E-state index >= 15 is 0 Å². The molecule has 2 aromatic rings. The van der Waals surface area contributed by atoms with Gasteiger partial charge in [-0.05, 0) is 43.4 Å². The molecule has 0 saturated carbocycles. The molecule has 2 aromatic carbocycles. The molecule has 0 fully saturated rings. The molecule has 4 heteroatoms. The molecule has 0 aromatic heterocycles. The maximum absolute atomic E-state index is 12.3. The Morgan fingerprint density at radius 2 is 1.76 bits per heavy atom. The molecule has 0 aliphatic heterocycles. The second-order valence-corrected chi connectivity index (χ2v) is 5.25. The van der Waals surface area contributed by atoms with Crippen LogP contribution in [0.4, 0.5) is 5.69 Å². The minimum absolute atomic E-state index is 0.107. The molecule has 1 amide bonds. The van der Waals surface area contributed by atoms with Gasteiger partial charge in [0.2, 0.25) is 0 Å². The molecule has 0 radical (unpaired) electrons. The summed E-state index contributed by atoms with van der Waals surface area (Å²) < 4.78 is 0. The van der Waals surface area contributed by atoms with Gasteiger partial charge in [-0.15, -0.1) is 0 Å². The first-order chi connectivity index (χ1) is 10.1. The molecule has 0 saturated heterocycles. The highest BCUT2D eigenvalue weighted by atomic mass is 16.1. The van der Waals surface area contributed by atoms with Crippen LogP contribution in [0.5, 0.6) is 0 Å². The summed E-state index contributed by atoms with van der Waals surface area (Å²) in [6.07, 6.45) is 0. The van der Waals surface area contributed by atoms with E-state index in [-0.39, 0.29) is 5.91 Å². The molecule has 0 unspecified atom stereocenters. The van der Waals surface area contributed by atoms with E-state index in [1.165, 1.54) is 0 Å². The fourth-order valence-corrected chi connectivity index (χ4v) is 2.11. The number of anilines is 1. The summed E-state index contributed by atoms with van der Waals surface area (Å²) in [6.45, 7) is 1.26. The number of nitrogens with one attached hydrogen (secondary N) is 1. The minimum atomic E-state index is -0.107. The third-order valence-corrected chi connectivity index (χ3v) is 3.20. The van der Waals surface area contributed by atoms with Gasteiger partial charge in [-0.25, -0.2) is 0 Å². The first-order valence-electron chi connectivity index (χ1n) is 6.93. The third kappa shape index (κ3) is 4.15. The molecular formula is C17H21N3O. The average molecular weight is 283 g/mol. The zero-order chi connectivity index (χ0) is 15.2. The van der Waals surface area contributed by atoms with Crippen molar-refractivity contribution in [2.45, 2.75) is 13.1 Å². The number of nitrogens with two attached hydrogens (primary N) is 1. The number of hydrogen-bond donors (Lipinski definition) is 2. The van der Waals surface area contributed by atoms with Crippen molar-refractivity contribution in [3.8, 4) is 0 Å². The normalized spacial score (nSPS) is 10.7. The molecule has 0 aliphatic carbocycles. The predicted octanol–water partition coefficient (Wildman–Crippen LogP) is 2.46. The van der Waals surface area contributed by atoms with Crippen LogP contribution in [0.15, 0.2) is 48.5 Å². The van der Waals surface area contributed by atoms with Crippen LogP contribution in [0.1, 0.15) is 21.5 Å². The van der Waals surface area contributed by atoms with Crippen molar-refractivity contribution in [1.29, 1.82) is 0 Å². The van der Waals surface area contributed by atoms with Crippen molar-refractivity contribution < 1.29 is 4.79 Å². The van der Waals surface area contributed by atoms with Crippen LogP contribution in [-0.2, 0) is 13.1 Å². The molecule has 2 rings (SSSR count). The third-order valence-electron chi connectivity index (χ3n) is 3.20. The van der Waals surface area contributed by atoms with Gasteiger partial charge in [0.15, 0.2) is 0 Å². The monoisotopic (exact) mass is 283 g/mol. The number of carbonyl (C=O) groups excluding carboxylic acids is 1. The topological polar surface area (TPSA) is 58.4 Å². The highest BCUT2D eigenvalue weighted by molar-refractivity contribution is 6.04. The van der Waals surface area contributed by atoms with E-state index in [0.29, 0.717) is 12.1 Å². The zero-order valence-corrected chi connectivity index (χ0v) is 12.5. The van der Waals surface area contributed by atoms with Crippen LogP contribution in [0, 0.1) is 0 Å². The second-order valence-electron chi connectivity index (χ2n) is 5.25. The molecule has 4 nitrogen and oxygen atoms in total. The van der Waals surface area contributed by atoms with Crippen molar-refractivity contribution in [3.63, 3.8) is 0 Å². The Labute approximate surface area is 125 Å². The van der Waals surface area contributed by atoms with Gasteiger partial charge in [0, 0.05) is 24.3 Å². The highest BCUT2D eigenvalue weighted by Gasteiger charge is 2.09. The Morgan fingerprint density at radius 3 is 2.38 bits per heavy atom. The second kappa shape index (κ2) is 7.02. The van der Waals surface area contributed by atoms with Crippen LogP contribution in [0.25, 0.3) is 0 Å². The summed E-state index contributed by atoms with van der Waals surface area (Å²) in [5.41, 5.74) is 9.14. The van der Waals surface area contributed by atoms with E-state index in [1.807, 2.05) is 50.5 Å². The van der Waals surface area contributed by atoms with Crippen molar-refractivity contribution in [2.75, 3.05) is 19.4 Å². The van der Waals surface area contributed by atoms with Crippen LogP contribution in [0.2, 0.25) is 0 Å². The number of benzene rings is 2. The molecule has 0 bridgehead atoms. The summed E-state index contributed by atoms with van der Waals surface area (Å²) in [7, 11) is 4.01. The average Bonchev–Trinajstić information content (AvgIpc) is 2.49. The lowest BCUT2D eigenvalue weighted by atomic mass is 10.1. The molecular weight excluding hydrogens is 262 g/mol. The van der Waals surface area contributed by atoms with Gasteiger partial charge in [0.05, 0.1) is 0 Å². The van der Waals surface area contributed by atoms with Crippen molar-refractivity contribution in [1.82, 2.24) is 4.90 Å². The Kier molecular flexibility index (Phi) is 5.09. The molecule has 0 spiro atoms. The molecule has 110 valence electrons. The van der Waals surface area contributed by atoms with Crippen LogP contribution in [-0.4, -0.2) is 24.9 Å². The quantitative estimate of drug-likeness (QED) is 0.886. The van der Waals surface area contributed by atoms with Gasteiger partial charge in [-0.3, -0.25) is 4.79 Å². The SMILES string of the molecule is CN(C)Cc1ccccc1NC(=O)c1ccc(CN)cc1. The first-order valence-corrected chi connectivity index (χ1v) is 6.93. The molecule has 3 N–H and O–H groups in total. The van der Waals surface area contributed by atoms with E-state index in [9.17, 15) is 4.79 Å². The highest BCUT2D eigenvalue weighted by Crippen LogP contribution is 2.17. The van der Waals surface area contributed by atoms with Crippen LogP contribution >= 0.6 is 0 Å². The van der Waals surface area contributed by atoms with Crippen LogP contribution < -0.4 is 11.1 Å². The Balaban J connectivity index is 2.15. The van der Waals surface area contributed by atoms with Crippen molar-refractivity contribution in [2.24, 2.45) is 5.73 Å². The van der Waals surface area contributed by atoms with Crippen molar-refractivity contribution >= 4 is 11.6 Å². The zero-order valence-electron chi connectivity index (χ0n) is 12.5.